The molecule has 1 N–H and O–H groups in total. The van der Waals surface area contributed by atoms with E-state index in [1.165, 1.54) is 0 Å². The zero-order valence-corrected chi connectivity index (χ0v) is 18.2. The van der Waals surface area contributed by atoms with Gasteiger partial charge in [0.05, 0.1) is 11.9 Å². The highest BCUT2D eigenvalue weighted by Crippen LogP contribution is 2.25. The Hall–Kier alpha value is -2.54. The summed E-state index contributed by atoms with van der Waals surface area (Å²) >= 11 is 0. The lowest BCUT2D eigenvalue weighted by Crippen LogP contribution is -2.41. The molecule has 156 valence electrons. The lowest BCUT2D eigenvalue weighted by molar-refractivity contribution is 0.0594. The standard InChI is InChI=1S/C22H28N2O4S/c1-15-5-6-17(3)21(13-15)28-19-9-11-24(12-10-19)22(25)18-8-7-16(2)20(14-18)23-29(4,26)27/h5-8,13-14,19,23H,9-12H2,1-4H3. The second-order valence-corrected chi connectivity index (χ2v) is 9.53. The minimum absolute atomic E-state index is 0.0834. The maximum absolute atomic E-state index is 12.9. The van der Waals surface area contributed by atoms with Gasteiger partial charge in [-0.1, -0.05) is 18.2 Å². The molecule has 3 rings (SSSR count). The molecule has 29 heavy (non-hydrogen) atoms. The molecule has 0 aliphatic carbocycles. The number of amides is 1. The van der Waals surface area contributed by atoms with E-state index in [1.807, 2.05) is 13.8 Å². The number of hydrogen-bond donors (Lipinski definition) is 1. The van der Waals surface area contributed by atoms with Gasteiger partial charge in [-0.3, -0.25) is 9.52 Å². The number of sulfonamides is 1. The van der Waals surface area contributed by atoms with Crippen LogP contribution in [0, 0.1) is 20.8 Å². The van der Waals surface area contributed by atoms with Gasteiger partial charge in [-0.15, -0.1) is 0 Å². The average Bonchev–Trinajstić information content (AvgIpc) is 2.65. The van der Waals surface area contributed by atoms with Crippen LogP contribution in [0.5, 0.6) is 5.75 Å². The van der Waals surface area contributed by atoms with E-state index in [0.29, 0.717) is 24.3 Å². The molecule has 0 saturated carbocycles. The van der Waals surface area contributed by atoms with E-state index in [9.17, 15) is 13.2 Å². The second-order valence-electron chi connectivity index (χ2n) is 7.78. The third-order valence-electron chi connectivity index (χ3n) is 5.15. The van der Waals surface area contributed by atoms with Crippen molar-refractivity contribution in [3.8, 4) is 5.75 Å². The molecule has 0 spiro atoms. The highest BCUT2D eigenvalue weighted by molar-refractivity contribution is 7.92. The normalized spacial score (nSPS) is 15.2. The number of ether oxygens (including phenoxy) is 1. The number of hydrogen-bond acceptors (Lipinski definition) is 4. The Balaban J connectivity index is 1.64. The van der Waals surface area contributed by atoms with E-state index in [1.54, 1.807) is 30.0 Å². The smallest absolute Gasteiger partial charge is 0.253 e. The highest BCUT2D eigenvalue weighted by Gasteiger charge is 2.25. The van der Waals surface area contributed by atoms with Crippen molar-refractivity contribution in [3.05, 3.63) is 58.7 Å². The molecule has 0 bridgehead atoms. The van der Waals surface area contributed by atoms with Crippen LogP contribution in [0.1, 0.15) is 39.9 Å². The number of nitrogens with zero attached hydrogens (tertiary/aromatic N) is 1. The second kappa shape index (κ2) is 8.45. The van der Waals surface area contributed by atoms with Gasteiger partial charge >= 0.3 is 0 Å². The number of benzene rings is 2. The first kappa shape index (κ1) is 21.2. The van der Waals surface area contributed by atoms with Gasteiger partial charge in [0.15, 0.2) is 0 Å². The lowest BCUT2D eigenvalue weighted by atomic mass is 10.0. The van der Waals surface area contributed by atoms with Crippen molar-refractivity contribution in [1.29, 1.82) is 0 Å². The molecule has 0 radical (unpaired) electrons. The predicted octanol–water partition coefficient (Wildman–Crippen LogP) is 3.67. The Kier molecular flexibility index (Phi) is 6.17. The van der Waals surface area contributed by atoms with E-state index in [4.69, 9.17) is 4.74 Å². The first-order valence-corrected chi connectivity index (χ1v) is 11.6. The van der Waals surface area contributed by atoms with Crippen LogP contribution in [0.2, 0.25) is 0 Å². The fourth-order valence-electron chi connectivity index (χ4n) is 3.44. The van der Waals surface area contributed by atoms with Gasteiger partial charge < -0.3 is 9.64 Å². The van der Waals surface area contributed by atoms with Crippen LogP contribution in [-0.4, -0.2) is 44.7 Å². The van der Waals surface area contributed by atoms with Gasteiger partial charge in [-0.25, -0.2) is 8.42 Å². The molecule has 0 unspecified atom stereocenters. The fraction of sp³-hybridized carbons (Fsp3) is 0.409. The van der Waals surface area contributed by atoms with Gasteiger partial charge in [0, 0.05) is 31.5 Å². The molecule has 0 atom stereocenters. The quantitative estimate of drug-likeness (QED) is 0.807. The molecule has 2 aromatic rings. The van der Waals surface area contributed by atoms with Crippen molar-refractivity contribution in [3.63, 3.8) is 0 Å². The molecule has 1 saturated heterocycles. The Morgan fingerprint density at radius 1 is 1.03 bits per heavy atom. The lowest BCUT2D eigenvalue weighted by Gasteiger charge is -2.32. The molecular weight excluding hydrogens is 388 g/mol. The Bertz CT molecular complexity index is 1010. The van der Waals surface area contributed by atoms with E-state index >= 15 is 0 Å². The summed E-state index contributed by atoms with van der Waals surface area (Å²) in [4.78, 5) is 14.7. The predicted molar refractivity (Wildman–Crippen MR) is 115 cm³/mol. The first-order valence-electron chi connectivity index (χ1n) is 9.74. The molecule has 1 aliphatic heterocycles. The van der Waals surface area contributed by atoms with Crippen LogP contribution < -0.4 is 9.46 Å². The number of piperidine rings is 1. The van der Waals surface area contributed by atoms with Gasteiger partial charge in [-0.05, 0) is 55.7 Å². The van der Waals surface area contributed by atoms with E-state index < -0.39 is 10.0 Å². The molecule has 6 nitrogen and oxygen atoms in total. The minimum atomic E-state index is -3.40. The van der Waals surface area contributed by atoms with Crippen LogP contribution in [-0.2, 0) is 10.0 Å². The Labute approximate surface area is 172 Å². The summed E-state index contributed by atoms with van der Waals surface area (Å²) in [5.41, 5.74) is 3.96. The number of carbonyl (C=O) groups excluding carboxylic acids is 1. The van der Waals surface area contributed by atoms with Crippen LogP contribution >= 0.6 is 0 Å². The number of rotatable bonds is 5. The Morgan fingerprint density at radius 2 is 1.69 bits per heavy atom. The van der Waals surface area contributed by atoms with Crippen LogP contribution in [0.25, 0.3) is 0 Å². The summed E-state index contributed by atoms with van der Waals surface area (Å²) in [6.45, 7) is 7.10. The summed E-state index contributed by atoms with van der Waals surface area (Å²) in [7, 11) is -3.40. The monoisotopic (exact) mass is 416 g/mol. The topological polar surface area (TPSA) is 75.7 Å². The Morgan fingerprint density at radius 3 is 2.34 bits per heavy atom. The summed E-state index contributed by atoms with van der Waals surface area (Å²) in [5, 5.41) is 0. The minimum Gasteiger partial charge on any atom is -0.490 e. The van der Waals surface area contributed by atoms with E-state index in [-0.39, 0.29) is 12.0 Å². The third kappa shape index (κ3) is 5.50. The van der Waals surface area contributed by atoms with Crippen LogP contribution in [0.15, 0.2) is 36.4 Å². The maximum atomic E-state index is 12.9. The largest absolute Gasteiger partial charge is 0.490 e. The molecule has 1 aliphatic rings. The fourth-order valence-corrected chi connectivity index (χ4v) is 4.06. The molecule has 0 aromatic heterocycles. The number of nitrogens with one attached hydrogen (secondary N) is 1. The number of carbonyl (C=O) groups is 1. The van der Waals surface area contributed by atoms with Crippen LogP contribution in [0.3, 0.4) is 0 Å². The zero-order valence-electron chi connectivity index (χ0n) is 17.4. The van der Waals surface area contributed by atoms with E-state index in [2.05, 4.69) is 22.9 Å². The van der Waals surface area contributed by atoms with Crippen molar-refractivity contribution in [1.82, 2.24) is 4.90 Å². The average molecular weight is 417 g/mol. The van der Waals surface area contributed by atoms with Gasteiger partial charge in [0.25, 0.3) is 5.91 Å². The van der Waals surface area contributed by atoms with Crippen molar-refractivity contribution in [2.24, 2.45) is 0 Å². The molecule has 2 aromatic carbocycles. The van der Waals surface area contributed by atoms with Gasteiger partial charge in [-0.2, -0.15) is 0 Å². The van der Waals surface area contributed by atoms with Crippen molar-refractivity contribution in [2.75, 3.05) is 24.1 Å². The highest BCUT2D eigenvalue weighted by atomic mass is 32.2. The molecule has 1 fully saturated rings. The summed E-state index contributed by atoms with van der Waals surface area (Å²) in [6, 6.07) is 11.3. The number of likely N-dealkylation sites (tertiary alicyclic amines) is 1. The maximum Gasteiger partial charge on any atom is 0.253 e. The van der Waals surface area contributed by atoms with Gasteiger partial charge in [0.2, 0.25) is 10.0 Å². The van der Waals surface area contributed by atoms with Crippen LogP contribution in [0.4, 0.5) is 5.69 Å². The van der Waals surface area contributed by atoms with Crippen molar-refractivity contribution in [2.45, 2.75) is 39.7 Å². The van der Waals surface area contributed by atoms with Gasteiger partial charge in [0.1, 0.15) is 11.9 Å². The van der Waals surface area contributed by atoms with E-state index in [0.717, 1.165) is 41.5 Å². The first-order chi connectivity index (χ1) is 13.6. The number of aryl methyl sites for hydroxylation is 3. The summed E-state index contributed by atoms with van der Waals surface area (Å²) in [5.74, 6) is 0.816. The molecule has 7 heteroatoms. The SMILES string of the molecule is Cc1ccc(C)c(OC2CCN(C(=O)c3ccc(C)c(NS(C)(=O)=O)c3)CC2)c1. The number of anilines is 1. The summed E-state index contributed by atoms with van der Waals surface area (Å²) < 4.78 is 31.7. The molecular formula is C22H28N2O4S. The summed E-state index contributed by atoms with van der Waals surface area (Å²) in [6.07, 6.45) is 2.71. The molecule has 1 amide bonds. The zero-order chi connectivity index (χ0) is 21.2. The molecule has 1 heterocycles. The third-order valence-corrected chi connectivity index (χ3v) is 5.74. The van der Waals surface area contributed by atoms with Crippen molar-refractivity contribution >= 4 is 21.6 Å². The van der Waals surface area contributed by atoms with Crippen molar-refractivity contribution < 1.29 is 17.9 Å².